The van der Waals surface area contributed by atoms with Crippen molar-refractivity contribution < 1.29 is 9.84 Å². The van der Waals surface area contributed by atoms with Gasteiger partial charge in [0.1, 0.15) is 0 Å². The number of rotatable bonds is 5. The lowest BCUT2D eigenvalue weighted by Crippen LogP contribution is -2.47. The highest BCUT2D eigenvalue weighted by atomic mass is 16.5. The van der Waals surface area contributed by atoms with Crippen molar-refractivity contribution in [2.24, 2.45) is 11.8 Å². The SMILES string of the molecule is CC(NCC(C)(O)C(C)C)C1CCOCC1. The van der Waals surface area contributed by atoms with Crippen LogP contribution in [0.2, 0.25) is 0 Å². The van der Waals surface area contributed by atoms with Crippen molar-refractivity contribution in [3.8, 4) is 0 Å². The minimum Gasteiger partial charge on any atom is -0.389 e. The smallest absolute Gasteiger partial charge is 0.0766 e. The average molecular weight is 229 g/mol. The van der Waals surface area contributed by atoms with E-state index in [9.17, 15) is 5.11 Å². The maximum absolute atomic E-state index is 10.2. The molecule has 0 saturated carbocycles. The zero-order chi connectivity index (χ0) is 12.2. The number of ether oxygens (including phenoxy) is 1. The van der Waals surface area contributed by atoms with Crippen molar-refractivity contribution in [3.05, 3.63) is 0 Å². The topological polar surface area (TPSA) is 41.5 Å². The Morgan fingerprint density at radius 3 is 2.38 bits per heavy atom. The Bertz CT molecular complexity index is 198. The van der Waals surface area contributed by atoms with Crippen LogP contribution in [0.25, 0.3) is 0 Å². The van der Waals surface area contributed by atoms with Crippen LogP contribution in [-0.2, 0) is 4.74 Å². The zero-order valence-corrected chi connectivity index (χ0v) is 11.1. The molecule has 1 saturated heterocycles. The van der Waals surface area contributed by atoms with Gasteiger partial charge in [-0.25, -0.2) is 0 Å². The lowest BCUT2D eigenvalue weighted by atomic mass is 9.89. The van der Waals surface area contributed by atoms with E-state index in [4.69, 9.17) is 4.74 Å². The van der Waals surface area contributed by atoms with Gasteiger partial charge >= 0.3 is 0 Å². The van der Waals surface area contributed by atoms with E-state index in [1.165, 1.54) is 0 Å². The van der Waals surface area contributed by atoms with Crippen LogP contribution in [0.15, 0.2) is 0 Å². The number of hydrogen-bond acceptors (Lipinski definition) is 3. The maximum Gasteiger partial charge on any atom is 0.0766 e. The monoisotopic (exact) mass is 229 g/mol. The van der Waals surface area contributed by atoms with Gasteiger partial charge in [0.2, 0.25) is 0 Å². The van der Waals surface area contributed by atoms with Crippen molar-refractivity contribution in [2.75, 3.05) is 19.8 Å². The molecule has 1 aliphatic heterocycles. The van der Waals surface area contributed by atoms with Crippen LogP contribution in [0.5, 0.6) is 0 Å². The fraction of sp³-hybridized carbons (Fsp3) is 1.00. The van der Waals surface area contributed by atoms with E-state index < -0.39 is 5.60 Å². The van der Waals surface area contributed by atoms with Gasteiger partial charge in [0.15, 0.2) is 0 Å². The molecule has 2 N–H and O–H groups in total. The molecule has 1 heterocycles. The van der Waals surface area contributed by atoms with Crippen molar-refractivity contribution in [2.45, 2.75) is 52.2 Å². The van der Waals surface area contributed by atoms with E-state index in [1.807, 2.05) is 6.92 Å². The Balaban J connectivity index is 2.31. The molecule has 96 valence electrons. The van der Waals surface area contributed by atoms with Crippen molar-refractivity contribution >= 4 is 0 Å². The summed E-state index contributed by atoms with van der Waals surface area (Å²) in [5.74, 6) is 0.971. The molecule has 0 spiro atoms. The second-order valence-electron chi connectivity index (χ2n) is 5.63. The van der Waals surface area contributed by atoms with E-state index >= 15 is 0 Å². The predicted octanol–water partition coefficient (Wildman–Crippen LogP) is 1.80. The van der Waals surface area contributed by atoms with Gasteiger partial charge in [0.25, 0.3) is 0 Å². The molecule has 0 aromatic carbocycles. The highest BCUT2D eigenvalue weighted by Crippen LogP contribution is 2.20. The van der Waals surface area contributed by atoms with Crippen LogP contribution < -0.4 is 5.32 Å². The normalized spacial score (nSPS) is 24.4. The van der Waals surface area contributed by atoms with Gasteiger partial charge in [0.05, 0.1) is 5.60 Å². The maximum atomic E-state index is 10.2. The van der Waals surface area contributed by atoms with E-state index in [2.05, 4.69) is 26.1 Å². The van der Waals surface area contributed by atoms with Crippen molar-refractivity contribution in [1.82, 2.24) is 5.32 Å². The molecule has 16 heavy (non-hydrogen) atoms. The van der Waals surface area contributed by atoms with Crippen molar-refractivity contribution in [1.29, 1.82) is 0 Å². The predicted molar refractivity (Wildman–Crippen MR) is 66.5 cm³/mol. The lowest BCUT2D eigenvalue weighted by molar-refractivity contribution is 0.00582. The molecule has 1 rings (SSSR count). The van der Waals surface area contributed by atoms with Crippen molar-refractivity contribution in [3.63, 3.8) is 0 Å². The van der Waals surface area contributed by atoms with Gasteiger partial charge in [-0.3, -0.25) is 0 Å². The van der Waals surface area contributed by atoms with Gasteiger partial charge in [-0.1, -0.05) is 13.8 Å². The Morgan fingerprint density at radius 2 is 1.88 bits per heavy atom. The van der Waals surface area contributed by atoms with E-state index in [0.29, 0.717) is 18.5 Å². The van der Waals surface area contributed by atoms with Crippen LogP contribution in [0, 0.1) is 11.8 Å². The van der Waals surface area contributed by atoms with E-state index in [0.717, 1.165) is 26.1 Å². The Labute approximate surface area is 99.6 Å². The standard InChI is InChI=1S/C13H27NO2/c1-10(2)13(4,15)9-14-11(3)12-5-7-16-8-6-12/h10-12,14-15H,5-9H2,1-4H3. The van der Waals surface area contributed by atoms with Gasteiger partial charge < -0.3 is 15.2 Å². The van der Waals surface area contributed by atoms with Gasteiger partial charge in [-0.2, -0.15) is 0 Å². The van der Waals surface area contributed by atoms with Crippen LogP contribution in [0.3, 0.4) is 0 Å². The van der Waals surface area contributed by atoms with Crippen LogP contribution in [0.1, 0.15) is 40.5 Å². The number of aliphatic hydroxyl groups is 1. The molecule has 0 radical (unpaired) electrons. The van der Waals surface area contributed by atoms with Crippen LogP contribution in [-0.4, -0.2) is 36.5 Å². The minimum atomic E-state index is -0.612. The molecule has 3 nitrogen and oxygen atoms in total. The fourth-order valence-electron chi connectivity index (χ4n) is 1.95. The molecule has 0 bridgehead atoms. The summed E-state index contributed by atoms with van der Waals surface area (Å²) >= 11 is 0. The Morgan fingerprint density at radius 1 is 1.31 bits per heavy atom. The Hall–Kier alpha value is -0.120. The average Bonchev–Trinajstić information content (AvgIpc) is 2.27. The molecule has 1 fully saturated rings. The van der Waals surface area contributed by atoms with E-state index in [-0.39, 0.29) is 5.92 Å². The highest BCUT2D eigenvalue weighted by Gasteiger charge is 2.27. The number of hydrogen-bond donors (Lipinski definition) is 2. The molecular weight excluding hydrogens is 202 g/mol. The first-order chi connectivity index (χ1) is 7.43. The summed E-state index contributed by atoms with van der Waals surface area (Å²) in [6.07, 6.45) is 2.27. The summed E-state index contributed by atoms with van der Waals surface area (Å²) in [7, 11) is 0. The molecular formula is C13H27NO2. The third kappa shape index (κ3) is 4.04. The quantitative estimate of drug-likeness (QED) is 0.755. The fourth-order valence-corrected chi connectivity index (χ4v) is 1.95. The molecule has 2 unspecified atom stereocenters. The molecule has 0 aliphatic carbocycles. The third-order valence-electron chi connectivity index (χ3n) is 4.00. The summed E-state index contributed by atoms with van der Waals surface area (Å²) < 4.78 is 5.36. The Kier molecular flexibility index (Phi) is 5.22. The van der Waals surface area contributed by atoms with Crippen LogP contribution in [0.4, 0.5) is 0 Å². The summed E-state index contributed by atoms with van der Waals surface area (Å²) in [4.78, 5) is 0. The van der Waals surface area contributed by atoms with Gasteiger partial charge in [-0.05, 0) is 38.5 Å². The molecule has 0 amide bonds. The highest BCUT2D eigenvalue weighted by molar-refractivity contribution is 4.82. The molecule has 3 heteroatoms. The summed E-state index contributed by atoms with van der Waals surface area (Å²) in [5.41, 5.74) is -0.612. The summed E-state index contributed by atoms with van der Waals surface area (Å²) in [6.45, 7) is 10.7. The lowest BCUT2D eigenvalue weighted by Gasteiger charge is -2.33. The van der Waals surface area contributed by atoms with Gasteiger partial charge in [0, 0.05) is 25.8 Å². The third-order valence-corrected chi connectivity index (χ3v) is 4.00. The van der Waals surface area contributed by atoms with Crippen LogP contribution >= 0.6 is 0 Å². The summed E-state index contributed by atoms with van der Waals surface area (Å²) in [5, 5.41) is 13.6. The molecule has 2 atom stereocenters. The largest absolute Gasteiger partial charge is 0.389 e. The molecule has 0 aromatic rings. The van der Waals surface area contributed by atoms with Gasteiger partial charge in [-0.15, -0.1) is 0 Å². The first-order valence-corrected chi connectivity index (χ1v) is 6.47. The second-order valence-corrected chi connectivity index (χ2v) is 5.63. The molecule has 1 aliphatic rings. The minimum absolute atomic E-state index is 0.280. The number of nitrogens with one attached hydrogen (secondary N) is 1. The molecule has 0 aromatic heterocycles. The van der Waals surface area contributed by atoms with E-state index in [1.54, 1.807) is 0 Å². The first kappa shape index (κ1) is 13.9. The summed E-state index contributed by atoms with van der Waals surface area (Å²) in [6, 6.07) is 0.467. The zero-order valence-electron chi connectivity index (χ0n) is 11.1. The first-order valence-electron chi connectivity index (χ1n) is 6.47. The second kappa shape index (κ2) is 5.99.